The van der Waals surface area contributed by atoms with Gasteiger partial charge in [0.05, 0.1) is 26.4 Å². The molecule has 0 rings (SSSR count). The summed E-state index contributed by atoms with van der Waals surface area (Å²) in [6, 6.07) is 0. The van der Waals surface area contributed by atoms with Gasteiger partial charge in [-0.2, -0.15) is 0 Å². The van der Waals surface area contributed by atoms with E-state index in [2.05, 4.69) is 167 Å². The molecule has 0 radical (unpaired) electrons. The van der Waals surface area contributed by atoms with Crippen molar-refractivity contribution in [3.05, 3.63) is 170 Å². The lowest BCUT2D eigenvalue weighted by Gasteiger charge is -2.21. The molecule has 0 aliphatic carbocycles. The monoisotopic (exact) mass is 1550 g/mol. The van der Waals surface area contributed by atoms with Crippen LogP contribution in [0.4, 0.5) is 0 Å². The highest BCUT2D eigenvalue weighted by atomic mass is 31.2. The Morgan fingerprint density at radius 1 is 0.269 bits per heavy atom. The Hall–Kier alpha value is -5.58. The Kier molecular flexibility index (Phi) is 75.4. The fourth-order valence-corrected chi connectivity index (χ4v) is 12.0. The van der Waals surface area contributed by atoms with Crippen LogP contribution in [0, 0.1) is 0 Å². The van der Waals surface area contributed by atoms with Gasteiger partial charge in [0, 0.05) is 25.7 Å². The Bertz CT molecular complexity index is 2710. The van der Waals surface area contributed by atoms with Crippen LogP contribution in [0.5, 0.6) is 0 Å². The van der Waals surface area contributed by atoms with Crippen LogP contribution in [0.3, 0.4) is 0 Å². The number of allylic oxidation sites excluding steroid dienone is 28. The molecule has 0 saturated carbocycles. The number of phosphoric acid groups is 2. The zero-order valence-electron chi connectivity index (χ0n) is 67.2. The van der Waals surface area contributed by atoms with Gasteiger partial charge in [0.25, 0.3) is 0 Å². The quantitative estimate of drug-likeness (QED) is 0.0169. The SMILES string of the molecule is CC/C=C\C/C=C\C/C=C\C/C=C\C/C=C\CCCCCC(=O)O[C@H](COC(=O)CC/C=C\C/C=C\C/C=C\C/C=C\C/C=C\CCCCC)COP(=O)(O)OC[C@@H](O)COP(=O)(O)OC[C@@H](COC(=O)CCCCCCCCCCCCCCC)OC(=O)CCC/C=C\C/C=C\C/C=C\C/C=C\CCCCC. The van der Waals surface area contributed by atoms with Crippen molar-refractivity contribution in [2.45, 2.75) is 329 Å². The maximum absolute atomic E-state index is 13.1. The second-order valence-corrected chi connectivity index (χ2v) is 29.9. The van der Waals surface area contributed by atoms with Crippen LogP contribution in [0.2, 0.25) is 0 Å². The third-order valence-electron chi connectivity index (χ3n) is 16.7. The molecule has 17 nitrogen and oxygen atoms in total. The van der Waals surface area contributed by atoms with E-state index in [-0.39, 0.29) is 25.7 Å². The largest absolute Gasteiger partial charge is 0.472 e. The van der Waals surface area contributed by atoms with Crippen molar-refractivity contribution in [3.63, 3.8) is 0 Å². The molecule has 108 heavy (non-hydrogen) atoms. The topological polar surface area (TPSA) is 237 Å². The van der Waals surface area contributed by atoms with E-state index in [1.54, 1.807) is 0 Å². The van der Waals surface area contributed by atoms with E-state index < -0.39 is 97.5 Å². The molecule has 0 spiro atoms. The number of unbranched alkanes of at least 4 members (excludes halogenated alkanes) is 22. The van der Waals surface area contributed by atoms with Gasteiger partial charge < -0.3 is 33.8 Å². The summed E-state index contributed by atoms with van der Waals surface area (Å²) in [4.78, 5) is 73.1. The molecule has 0 saturated heterocycles. The molecule has 0 aromatic heterocycles. The first kappa shape index (κ1) is 102. The minimum Gasteiger partial charge on any atom is -0.462 e. The van der Waals surface area contributed by atoms with E-state index >= 15 is 0 Å². The first-order chi connectivity index (χ1) is 52.7. The number of hydrogen-bond donors (Lipinski definition) is 3. The van der Waals surface area contributed by atoms with Crippen molar-refractivity contribution in [2.24, 2.45) is 0 Å². The zero-order chi connectivity index (χ0) is 78.9. The Labute approximate surface area is 654 Å². The molecule has 0 bridgehead atoms. The average molecular weight is 1550 g/mol. The second kappa shape index (κ2) is 79.5. The van der Waals surface area contributed by atoms with E-state index in [9.17, 15) is 43.2 Å². The van der Waals surface area contributed by atoms with Gasteiger partial charge in [-0.1, -0.05) is 307 Å². The van der Waals surface area contributed by atoms with Crippen molar-refractivity contribution in [1.82, 2.24) is 0 Å². The second-order valence-electron chi connectivity index (χ2n) is 27.0. The van der Waals surface area contributed by atoms with Gasteiger partial charge in [-0.15, -0.1) is 0 Å². The van der Waals surface area contributed by atoms with Crippen molar-refractivity contribution in [3.8, 4) is 0 Å². The molecule has 3 N–H and O–H groups in total. The lowest BCUT2D eigenvalue weighted by molar-refractivity contribution is -0.161. The molecule has 0 aromatic carbocycles. The predicted octanol–water partition coefficient (Wildman–Crippen LogP) is 24.6. The smallest absolute Gasteiger partial charge is 0.462 e. The van der Waals surface area contributed by atoms with Gasteiger partial charge in [0.2, 0.25) is 0 Å². The molecule has 0 amide bonds. The fraction of sp³-hybridized carbons (Fsp3) is 0.640. The van der Waals surface area contributed by atoms with Gasteiger partial charge in [0.15, 0.2) is 12.2 Å². The van der Waals surface area contributed by atoms with Crippen LogP contribution in [0.25, 0.3) is 0 Å². The number of carbonyl (C=O) groups is 4. The van der Waals surface area contributed by atoms with Gasteiger partial charge in [-0.05, 0) is 148 Å². The van der Waals surface area contributed by atoms with Crippen LogP contribution < -0.4 is 0 Å². The molecule has 614 valence electrons. The van der Waals surface area contributed by atoms with E-state index in [0.717, 1.165) is 128 Å². The molecule has 0 aliphatic rings. The van der Waals surface area contributed by atoms with Crippen LogP contribution in [0.15, 0.2) is 170 Å². The van der Waals surface area contributed by atoms with E-state index in [1.165, 1.54) is 89.9 Å². The van der Waals surface area contributed by atoms with Crippen LogP contribution >= 0.6 is 15.6 Å². The number of rotatable bonds is 76. The number of aliphatic hydroxyl groups is 1. The summed E-state index contributed by atoms with van der Waals surface area (Å²) < 4.78 is 68.5. The highest BCUT2D eigenvalue weighted by molar-refractivity contribution is 7.47. The van der Waals surface area contributed by atoms with Crippen molar-refractivity contribution >= 4 is 39.5 Å². The summed E-state index contributed by atoms with van der Waals surface area (Å²) in [5.41, 5.74) is 0. The molecule has 0 fully saturated rings. The molecule has 5 atom stereocenters. The summed E-state index contributed by atoms with van der Waals surface area (Å²) >= 11 is 0. The van der Waals surface area contributed by atoms with Gasteiger partial charge in [-0.3, -0.25) is 37.3 Å². The molecule has 19 heteroatoms. The molecule has 0 aromatic rings. The minimum atomic E-state index is -5.02. The predicted molar refractivity (Wildman–Crippen MR) is 445 cm³/mol. The van der Waals surface area contributed by atoms with Gasteiger partial charge in [-0.25, -0.2) is 9.13 Å². The maximum atomic E-state index is 13.1. The van der Waals surface area contributed by atoms with E-state index in [1.807, 2.05) is 30.4 Å². The first-order valence-electron chi connectivity index (χ1n) is 41.4. The van der Waals surface area contributed by atoms with E-state index in [4.69, 9.17) is 37.0 Å². The number of aliphatic hydroxyl groups excluding tert-OH is 1. The fourth-order valence-electron chi connectivity index (χ4n) is 10.4. The molecular formula is C89H146O17P2. The van der Waals surface area contributed by atoms with E-state index in [0.29, 0.717) is 38.5 Å². The van der Waals surface area contributed by atoms with Gasteiger partial charge in [0.1, 0.15) is 19.3 Å². The Morgan fingerprint density at radius 3 is 0.852 bits per heavy atom. The highest BCUT2D eigenvalue weighted by Crippen LogP contribution is 2.45. The van der Waals surface area contributed by atoms with Crippen molar-refractivity contribution in [2.75, 3.05) is 39.6 Å². The van der Waals surface area contributed by atoms with Crippen LogP contribution in [0.1, 0.15) is 310 Å². The summed E-state index contributed by atoms with van der Waals surface area (Å²) in [7, 11) is -10.0. The molecule has 2 unspecified atom stereocenters. The van der Waals surface area contributed by atoms with Crippen LogP contribution in [-0.4, -0.2) is 96.7 Å². The Morgan fingerprint density at radius 2 is 0.509 bits per heavy atom. The molecule has 0 heterocycles. The normalized spacial score (nSPS) is 14.7. The third-order valence-corrected chi connectivity index (χ3v) is 18.6. The molecule has 0 aliphatic heterocycles. The highest BCUT2D eigenvalue weighted by Gasteiger charge is 2.30. The minimum absolute atomic E-state index is 0.0134. The number of phosphoric ester groups is 2. The first-order valence-corrected chi connectivity index (χ1v) is 44.4. The number of ether oxygens (including phenoxy) is 4. The summed E-state index contributed by atoms with van der Waals surface area (Å²) in [6.07, 6.45) is 94.9. The standard InChI is InChI=1S/C89H146O17P2/c1-5-9-13-17-21-25-29-33-36-39-41-44-46-50-54-58-62-66-70-74-87(92)100-80-85(106-89(94)76-72-68-64-60-56-52-48-45-42-40-37-34-30-26-22-18-14-10-6-2)82-104-108(97,98)102-78-83(90)77-101-107(95,96)103-81-84(79-99-86(91)73-69-65-61-57-53-49-32-28-24-20-16-12-8-4)105-88(93)75-71-67-63-59-55-51-47-43-38-35-31-27-23-19-15-11-7-3/h10,14,21-23,25-27,33-38,41-42,44-45,47,50-52,54,56,59,62-63,66,83-85,90H,5-9,11-13,15-20,24,28-32,39-40,43,46,48-49,53,55,57-58,60-61,64-65,67-82H2,1-4H3,(H,95,96)(H,97,98)/b14-10-,25-21-,26-22-,27-23-,36-33-,37-34-,38-35-,44-41-,45-42-,51-47-,54-50-,56-52-,63-59-,66-62-/t83-,84+,85+/m0/s1. The number of esters is 4. The zero-order valence-corrected chi connectivity index (χ0v) is 69.0. The number of hydrogen-bond acceptors (Lipinski definition) is 15. The number of carbonyl (C=O) groups excluding carboxylic acids is 4. The summed E-state index contributed by atoms with van der Waals surface area (Å²) in [6.45, 7) is 4.52. The van der Waals surface area contributed by atoms with Gasteiger partial charge >= 0.3 is 39.5 Å². The maximum Gasteiger partial charge on any atom is 0.472 e. The van der Waals surface area contributed by atoms with Crippen molar-refractivity contribution in [1.29, 1.82) is 0 Å². The lowest BCUT2D eigenvalue weighted by atomic mass is 10.0. The van der Waals surface area contributed by atoms with Crippen molar-refractivity contribution < 1.29 is 80.2 Å². The average Bonchev–Trinajstić information content (AvgIpc) is 0.901. The summed E-state index contributed by atoms with van der Waals surface area (Å²) in [5.74, 6) is -2.38. The summed E-state index contributed by atoms with van der Waals surface area (Å²) in [5, 5.41) is 10.7. The van der Waals surface area contributed by atoms with Crippen LogP contribution in [-0.2, 0) is 65.4 Å². The Balaban J connectivity index is 5.53. The third kappa shape index (κ3) is 78.5. The molecular weight excluding hydrogens is 1400 g/mol. The lowest BCUT2D eigenvalue weighted by Crippen LogP contribution is -2.30.